The van der Waals surface area contributed by atoms with Crippen LogP contribution in [-0.2, 0) is 0 Å². The van der Waals surface area contributed by atoms with Crippen molar-refractivity contribution in [3.8, 4) is 0 Å². The summed E-state index contributed by atoms with van der Waals surface area (Å²) < 4.78 is 4.92. The van der Waals surface area contributed by atoms with Crippen LogP contribution in [0.15, 0.2) is 24.3 Å². The third-order valence-corrected chi connectivity index (χ3v) is 7.55. The van der Waals surface area contributed by atoms with Crippen LogP contribution in [0.25, 0.3) is 0 Å². The maximum absolute atomic E-state index is 12.5. The van der Waals surface area contributed by atoms with E-state index in [2.05, 4.69) is 37.0 Å². The van der Waals surface area contributed by atoms with E-state index in [1.165, 1.54) is 4.90 Å². The number of carbonyl (C=O) groups is 2. The van der Waals surface area contributed by atoms with Crippen LogP contribution in [0.2, 0.25) is 0 Å². The molecule has 1 aromatic carbocycles. The number of hydrogen-bond donors (Lipinski definition) is 0. The van der Waals surface area contributed by atoms with E-state index in [-0.39, 0.29) is 11.8 Å². The number of nitrogens with zero attached hydrogens (tertiary/aromatic N) is 3. The second-order valence-electron chi connectivity index (χ2n) is 5.68. The highest BCUT2D eigenvalue weighted by atomic mass is 31.1. The highest BCUT2D eigenvalue weighted by molar-refractivity contribution is 7.52. The molecule has 2 rings (SSSR count). The Labute approximate surface area is 146 Å². The van der Waals surface area contributed by atoms with Gasteiger partial charge in [-0.25, -0.2) is 0 Å². The predicted octanol–water partition coefficient (Wildman–Crippen LogP) is 3.28. The number of amides is 2. The highest BCUT2D eigenvalue weighted by Gasteiger charge is 2.35. The summed E-state index contributed by atoms with van der Waals surface area (Å²) in [5, 5.41) is 0. The van der Waals surface area contributed by atoms with Crippen LogP contribution in [0.4, 0.5) is 0 Å². The van der Waals surface area contributed by atoms with Gasteiger partial charge >= 0.3 is 0 Å². The molecule has 2 amide bonds. The molecule has 6 heteroatoms. The molecule has 5 nitrogen and oxygen atoms in total. The number of hydrogen-bond acceptors (Lipinski definition) is 4. The van der Waals surface area contributed by atoms with E-state index < -0.39 is 8.22 Å². The zero-order chi connectivity index (χ0) is 17.7. The minimum atomic E-state index is -0.498. The summed E-state index contributed by atoms with van der Waals surface area (Å²) in [6.45, 7) is 13.1. The van der Waals surface area contributed by atoms with Crippen LogP contribution in [0.5, 0.6) is 0 Å². The van der Waals surface area contributed by atoms with Gasteiger partial charge in [0, 0.05) is 47.1 Å². The van der Waals surface area contributed by atoms with Crippen molar-refractivity contribution in [3.05, 3.63) is 35.4 Å². The first-order chi connectivity index (χ1) is 11.6. The van der Waals surface area contributed by atoms with Gasteiger partial charge in [-0.3, -0.25) is 23.8 Å². The summed E-state index contributed by atoms with van der Waals surface area (Å²) in [6, 6.07) is 7.11. The Hall–Kier alpha value is -1.29. The number of imide groups is 1. The lowest BCUT2D eigenvalue weighted by atomic mass is 10.1. The van der Waals surface area contributed by atoms with E-state index >= 15 is 0 Å². The summed E-state index contributed by atoms with van der Waals surface area (Å²) in [5.74, 6) is -0.297. The molecule has 1 aliphatic heterocycles. The molecule has 132 valence electrons. The molecule has 0 spiro atoms. The van der Waals surface area contributed by atoms with Gasteiger partial charge in [0.05, 0.1) is 11.1 Å². The van der Waals surface area contributed by atoms with Crippen molar-refractivity contribution in [2.24, 2.45) is 0 Å². The highest BCUT2D eigenvalue weighted by Crippen LogP contribution is 2.43. The molecule has 0 radical (unpaired) electrons. The summed E-state index contributed by atoms with van der Waals surface area (Å²) in [4.78, 5) is 26.5. The fourth-order valence-electron chi connectivity index (χ4n) is 3.19. The van der Waals surface area contributed by atoms with Crippen molar-refractivity contribution in [1.82, 2.24) is 14.2 Å². The molecule has 0 saturated carbocycles. The lowest BCUT2D eigenvalue weighted by Crippen LogP contribution is -2.36. The first-order valence-electron chi connectivity index (χ1n) is 8.81. The van der Waals surface area contributed by atoms with Gasteiger partial charge in [-0.05, 0) is 12.1 Å². The van der Waals surface area contributed by atoms with Gasteiger partial charge in [-0.2, -0.15) is 0 Å². The molecular formula is C18H28N3O2P. The van der Waals surface area contributed by atoms with Crippen molar-refractivity contribution >= 4 is 20.0 Å². The van der Waals surface area contributed by atoms with E-state index in [0.717, 1.165) is 32.3 Å². The molecule has 24 heavy (non-hydrogen) atoms. The van der Waals surface area contributed by atoms with Crippen molar-refractivity contribution in [2.75, 3.05) is 38.9 Å². The van der Waals surface area contributed by atoms with Crippen LogP contribution in [0.3, 0.4) is 0 Å². The van der Waals surface area contributed by atoms with Gasteiger partial charge < -0.3 is 0 Å². The standard InChI is InChI=1S/C18H28N3O2P/c1-5-19(6-2)24(20(7-3)8-4)14-13-21-17(22)15-11-9-10-12-16(15)18(21)23/h9-12H,5-8,13-14H2,1-4H3. The summed E-state index contributed by atoms with van der Waals surface area (Å²) in [6.07, 6.45) is 0.837. The normalized spacial score (nSPS) is 14.4. The number of fused-ring (bicyclic) bond motifs is 1. The van der Waals surface area contributed by atoms with E-state index in [4.69, 9.17) is 0 Å². The Morgan fingerprint density at radius 2 is 1.25 bits per heavy atom. The number of rotatable bonds is 9. The van der Waals surface area contributed by atoms with Gasteiger partial charge in [0.1, 0.15) is 0 Å². The summed E-state index contributed by atoms with van der Waals surface area (Å²) in [5.41, 5.74) is 1.08. The van der Waals surface area contributed by atoms with Crippen molar-refractivity contribution in [2.45, 2.75) is 27.7 Å². The summed E-state index contributed by atoms with van der Waals surface area (Å²) >= 11 is 0. The van der Waals surface area contributed by atoms with Gasteiger partial charge in [0.15, 0.2) is 0 Å². The van der Waals surface area contributed by atoms with Gasteiger partial charge in [-0.1, -0.05) is 39.8 Å². The minimum absolute atomic E-state index is 0.148. The third kappa shape index (κ3) is 3.69. The monoisotopic (exact) mass is 349 g/mol. The van der Waals surface area contributed by atoms with E-state index in [1.807, 2.05) is 12.1 Å². The smallest absolute Gasteiger partial charge is 0.261 e. The lowest BCUT2D eigenvalue weighted by Gasteiger charge is -2.38. The fraction of sp³-hybridized carbons (Fsp3) is 0.556. The predicted molar refractivity (Wildman–Crippen MR) is 99.4 cm³/mol. The van der Waals surface area contributed by atoms with Crippen LogP contribution in [-0.4, -0.2) is 64.9 Å². The van der Waals surface area contributed by atoms with Gasteiger partial charge in [-0.15, -0.1) is 0 Å². The first kappa shape index (κ1) is 19.0. The number of benzene rings is 1. The molecule has 0 bridgehead atoms. The van der Waals surface area contributed by atoms with Crippen molar-refractivity contribution in [3.63, 3.8) is 0 Å². The quantitative estimate of drug-likeness (QED) is 0.507. The Morgan fingerprint density at radius 3 is 1.62 bits per heavy atom. The van der Waals surface area contributed by atoms with E-state index in [0.29, 0.717) is 17.7 Å². The van der Waals surface area contributed by atoms with Crippen LogP contribution < -0.4 is 0 Å². The van der Waals surface area contributed by atoms with Crippen LogP contribution >= 0.6 is 8.22 Å². The lowest BCUT2D eigenvalue weighted by molar-refractivity contribution is 0.0663. The average Bonchev–Trinajstić information content (AvgIpc) is 2.85. The zero-order valence-corrected chi connectivity index (χ0v) is 16.1. The molecule has 1 heterocycles. The molecule has 0 saturated heterocycles. The molecule has 0 fully saturated rings. The minimum Gasteiger partial charge on any atom is -0.274 e. The molecule has 1 aromatic rings. The number of carbonyl (C=O) groups excluding carboxylic acids is 2. The second kappa shape index (κ2) is 8.70. The summed E-state index contributed by atoms with van der Waals surface area (Å²) in [7, 11) is -0.498. The third-order valence-electron chi connectivity index (χ3n) is 4.51. The van der Waals surface area contributed by atoms with E-state index in [1.54, 1.807) is 12.1 Å². The Bertz CT molecular complexity index is 538. The first-order valence-corrected chi connectivity index (χ1v) is 10.2. The average molecular weight is 349 g/mol. The Kier molecular flexibility index (Phi) is 6.90. The largest absolute Gasteiger partial charge is 0.274 e. The molecule has 1 aliphatic rings. The SMILES string of the molecule is CCN(CC)P(CCN1C(=O)c2ccccc2C1=O)N(CC)CC. The van der Waals surface area contributed by atoms with Crippen molar-refractivity contribution in [1.29, 1.82) is 0 Å². The van der Waals surface area contributed by atoms with E-state index in [9.17, 15) is 9.59 Å². The molecule has 0 aliphatic carbocycles. The molecule has 0 N–H and O–H groups in total. The molecule has 0 atom stereocenters. The van der Waals surface area contributed by atoms with Gasteiger partial charge in [0.25, 0.3) is 11.8 Å². The molecular weight excluding hydrogens is 321 g/mol. The van der Waals surface area contributed by atoms with Crippen LogP contribution in [0, 0.1) is 0 Å². The zero-order valence-electron chi connectivity index (χ0n) is 15.2. The maximum Gasteiger partial charge on any atom is 0.261 e. The van der Waals surface area contributed by atoms with Crippen LogP contribution in [0.1, 0.15) is 48.4 Å². The topological polar surface area (TPSA) is 43.9 Å². The Balaban J connectivity index is 2.12. The van der Waals surface area contributed by atoms with Gasteiger partial charge in [0.2, 0.25) is 0 Å². The molecule has 0 aromatic heterocycles. The molecule has 0 unspecified atom stereocenters. The Morgan fingerprint density at radius 1 is 0.833 bits per heavy atom. The maximum atomic E-state index is 12.5. The van der Waals surface area contributed by atoms with Crippen molar-refractivity contribution < 1.29 is 9.59 Å². The second-order valence-corrected chi connectivity index (χ2v) is 8.00. The fourth-order valence-corrected chi connectivity index (χ4v) is 5.80.